The number of hydrogen-bond acceptors (Lipinski definition) is 3. The molecule has 0 amide bonds. The van der Waals surface area contributed by atoms with E-state index in [2.05, 4.69) is 57.1 Å². The first-order chi connectivity index (χ1) is 7.75. The molecule has 1 aromatic carbocycles. The van der Waals surface area contributed by atoms with Crippen LogP contribution in [-0.2, 0) is 5.75 Å². The van der Waals surface area contributed by atoms with Crippen LogP contribution in [0.15, 0.2) is 46.3 Å². The van der Waals surface area contributed by atoms with Gasteiger partial charge in [0.15, 0.2) is 5.16 Å². The van der Waals surface area contributed by atoms with Crippen molar-refractivity contribution in [3.05, 3.63) is 52.3 Å². The highest BCUT2D eigenvalue weighted by molar-refractivity contribution is 9.10. The summed E-state index contributed by atoms with van der Waals surface area (Å²) >= 11 is 4.97. The van der Waals surface area contributed by atoms with Crippen LogP contribution in [-0.4, -0.2) is 9.97 Å². The summed E-state index contributed by atoms with van der Waals surface area (Å²) in [4.78, 5) is 8.46. The van der Waals surface area contributed by atoms with Crippen molar-refractivity contribution in [2.24, 2.45) is 0 Å². The van der Waals surface area contributed by atoms with Gasteiger partial charge in [-0.05, 0) is 34.0 Å². The van der Waals surface area contributed by atoms with Crippen molar-refractivity contribution < 1.29 is 0 Å². The monoisotopic (exact) mass is 294 g/mol. The highest BCUT2D eigenvalue weighted by atomic mass is 79.9. The third-order valence-corrected chi connectivity index (χ3v) is 3.55. The van der Waals surface area contributed by atoms with E-state index in [4.69, 9.17) is 0 Å². The molecule has 0 aliphatic carbocycles. The van der Waals surface area contributed by atoms with Gasteiger partial charge < -0.3 is 0 Å². The first-order valence-corrected chi connectivity index (χ1v) is 6.68. The molecule has 16 heavy (non-hydrogen) atoms. The maximum atomic E-state index is 4.23. The van der Waals surface area contributed by atoms with E-state index in [9.17, 15) is 0 Å². The van der Waals surface area contributed by atoms with Crippen LogP contribution < -0.4 is 0 Å². The minimum atomic E-state index is 0.812. The zero-order valence-corrected chi connectivity index (χ0v) is 11.3. The van der Waals surface area contributed by atoms with Crippen molar-refractivity contribution in [3.8, 4) is 0 Å². The summed E-state index contributed by atoms with van der Waals surface area (Å²) in [6.07, 6.45) is 3.54. The van der Waals surface area contributed by atoms with Crippen LogP contribution in [0.2, 0.25) is 0 Å². The fourth-order valence-corrected chi connectivity index (χ4v) is 2.36. The molecular weight excluding hydrogens is 284 g/mol. The summed E-state index contributed by atoms with van der Waals surface area (Å²) in [6, 6.07) is 8.38. The van der Waals surface area contributed by atoms with Gasteiger partial charge in [-0.1, -0.05) is 36.0 Å². The molecule has 0 aliphatic rings. The van der Waals surface area contributed by atoms with Gasteiger partial charge in [0.25, 0.3) is 0 Å². The number of aromatic nitrogens is 2. The topological polar surface area (TPSA) is 25.8 Å². The first-order valence-electron chi connectivity index (χ1n) is 4.90. The number of halogens is 1. The molecule has 0 saturated heterocycles. The molecule has 2 nitrogen and oxygen atoms in total. The lowest BCUT2D eigenvalue weighted by Crippen LogP contribution is -1.88. The molecule has 0 N–H and O–H groups in total. The Morgan fingerprint density at radius 2 is 1.88 bits per heavy atom. The molecule has 0 saturated carbocycles. The Balaban J connectivity index is 2.02. The summed E-state index contributed by atoms with van der Waals surface area (Å²) < 4.78 is 0.910. The van der Waals surface area contributed by atoms with Gasteiger partial charge in [0.2, 0.25) is 0 Å². The number of rotatable bonds is 3. The predicted octanol–water partition coefficient (Wildman–Crippen LogP) is 3.84. The molecule has 2 aromatic rings. The van der Waals surface area contributed by atoms with Crippen LogP contribution in [0, 0.1) is 6.92 Å². The van der Waals surface area contributed by atoms with E-state index < -0.39 is 0 Å². The minimum absolute atomic E-state index is 0.812. The number of hydrogen-bond donors (Lipinski definition) is 0. The van der Waals surface area contributed by atoms with Gasteiger partial charge in [-0.2, -0.15) is 0 Å². The van der Waals surface area contributed by atoms with Gasteiger partial charge in [-0.3, -0.25) is 0 Å². The highest BCUT2D eigenvalue weighted by Gasteiger charge is 2.01. The lowest BCUT2D eigenvalue weighted by molar-refractivity contribution is 0.957. The Labute approximate surface area is 108 Å². The largest absolute Gasteiger partial charge is 0.230 e. The van der Waals surface area contributed by atoms with Crippen LogP contribution in [0.3, 0.4) is 0 Å². The average molecular weight is 295 g/mol. The lowest BCUT2D eigenvalue weighted by atomic mass is 10.1. The number of thioether (sulfide) groups is 1. The van der Waals surface area contributed by atoms with Crippen molar-refractivity contribution in [3.63, 3.8) is 0 Å². The van der Waals surface area contributed by atoms with Crippen molar-refractivity contribution in [1.82, 2.24) is 9.97 Å². The molecule has 82 valence electrons. The maximum absolute atomic E-state index is 4.23. The molecule has 4 heteroatoms. The van der Waals surface area contributed by atoms with E-state index in [-0.39, 0.29) is 0 Å². The van der Waals surface area contributed by atoms with E-state index in [0.29, 0.717) is 0 Å². The van der Waals surface area contributed by atoms with Crippen molar-refractivity contribution in [2.45, 2.75) is 17.8 Å². The molecule has 0 radical (unpaired) electrons. The summed E-state index contributed by atoms with van der Waals surface area (Å²) in [6.45, 7) is 2.12. The fraction of sp³-hybridized carbons (Fsp3) is 0.167. The highest BCUT2D eigenvalue weighted by Crippen LogP contribution is 2.21. The average Bonchev–Trinajstić information content (AvgIpc) is 2.30. The van der Waals surface area contributed by atoms with E-state index in [1.54, 1.807) is 24.2 Å². The Morgan fingerprint density at radius 3 is 2.56 bits per heavy atom. The van der Waals surface area contributed by atoms with Crippen molar-refractivity contribution in [2.75, 3.05) is 0 Å². The third kappa shape index (κ3) is 3.06. The van der Waals surface area contributed by atoms with Gasteiger partial charge in [-0.15, -0.1) is 0 Å². The van der Waals surface area contributed by atoms with Crippen molar-refractivity contribution >= 4 is 27.7 Å². The second-order valence-corrected chi connectivity index (χ2v) is 5.26. The van der Waals surface area contributed by atoms with Crippen LogP contribution in [0.5, 0.6) is 0 Å². The molecule has 0 bridgehead atoms. The standard InChI is InChI=1S/C12H11BrN2S/c1-9-4-2-3-5-10(9)8-16-12-14-6-11(13)7-15-12/h2-7H,8H2,1H3. The Morgan fingerprint density at radius 1 is 1.19 bits per heavy atom. The minimum Gasteiger partial charge on any atom is -0.230 e. The summed E-state index contributed by atoms with van der Waals surface area (Å²) in [5, 5.41) is 0.812. The summed E-state index contributed by atoms with van der Waals surface area (Å²) in [5.74, 6) is 0.911. The van der Waals surface area contributed by atoms with Gasteiger partial charge >= 0.3 is 0 Å². The lowest BCUT2D eigenvalue weighted by Gasteiger charge is -2.03. The Kier molecular flexibility index (Phi) is 3.96. The number of nitrogens with zero attached hydrogens (tertiary/aromatic N) is 2. The van der Waals surface area contributed by atoms with Gasteiger partial charge in [0.05, 0.1) is 4.47 Å². The van der Waals surface area contributed by atoms with Gasteiger partial charge in [-0.25, -0.2) is 9.97 Å². The molecular formula is C12H11BrN2S. The molecule has 1 aromatic heterocycles. The van der Waals surface area contributed by atoms with Crippen molar-refractivity contribution in [1.29, 1.82) is 0 Å². The molecule has 0 unspecified atom stereocenters. The van der Waals surface area contributed by atoms with Crippen LogP contribution in [0.4, 0.5) is 0 Å². The summed E-state index contributed by atoms with van der Waals surface area (Å²) in [7, 11) is 0. The number of benzene rings is 1. The van der Waals surface area contributed by atoms with E-state index >= 15 is 0 Å². The third-order valence-electron chi connectivity index (χ3n) is 2.21. The smallest absolute Gasteiger partial charge is 0.187 e. The van der Waals surface area contributed by atoms with Crippen LogP contribution in [0.1, 0.15) is 11.1 Å². The maximum Gasteiger partial charge on any atom is 0.187 e. The number of aryl methyl sites for hydroxylation is 1. The normalized spacial score (nSPS) is 10.4. The van der Waals surface area contributed by atoms with Crippen LogP contribution >= 0.6 is 27.7 Å². The fourth-order valence-electron chi connectivity index (χ4n) is 1.29. The van der Waals surface area contributed by atoms with Crippen LogP contribution in [0.25, 0.3) is 0 Å². The Bertz CT molecular complexity index is 471. The van der Waals surface area contributed by atoms with E-state index in [1.165, 1.54) is 11.1 Å². The predicted molar refractivity (Wildman–Crippen MR) is 70.5 cm³/mol. The zero-order chi connectivity index (χ0) is 11.4. The molecule has 0 atom stereocenters. The first kappa shape index (κ1) is 11.6. The molecule has 0 fully saturated rings. The molecule has 2 rings (SSSR count). The van der Waals surface area contributed by atoms with Gasteiger partial charge in [0, 0.05) is 18.1 Å². The molecule has 0 aliphatic heterocycles. The zero-order valence-electron chi connectivity index (χ0n) is 8.85. The van der Waals surface area contributed by atoms with E-state index in [0.717, 1.165) is 15.4 Å². The van der Waals surface area contributed by atoms with E-state index in [1.807, 2.05) is 0 Å². The van der Waals surface area contributed by atoms with Gasteiger partial charge in [0.1, 0.15) is 0 Å². The SMILES string of the molecule is Cc1ccccc1CSc1ncc(Br)cn1. The molecule has 1 heterocycles. The second kappa shape index (κ2) is 5.46. The quantitative estimate of drug-likeness (QED) is 0.635. The summed E-state index contributed by atoms with van der Waals surface area (Å²) in [5.41, 5.74) is 2.64. The second-order valence-electron chi connectivity index (χ2n) is 3.40. The molecule has 0 spiro atoms. The Hall–Kier alpha value is -0.870.